The number of hydrogen-bond acceptors (Lipinski definition) is 6. The molecule has 2 aromatic carbocycles. The molecule has 4 N–H and O–H groups in total. The number of methoxy groups -OCH3 is 1. The third-order valence-electron chi connectivity index (χ3n) is 3.50. The van der Waals surface area contributed by atoms with Gasteiger partial charge in [-0.05, 0) is 24.3 Å². The zero-order chi connectivity index (χ0) is 19.8. The van der Waals surface area contributed by atoms with Crippen LogP contribution in [0.25, 0.3) is 0 Å². The minimum Gasteiger partial charge on any atom is -0.465 e. The molecule has 27 heavy (non-hydrogen) atoms. The Kier molecular flexibility index (Phi) is 6.28. The molecule has 0 aliphatic rings. The number of nitrogens with two attached hydrogens (primary N) is 1. The van der Waals surface area contributed by atoms with Gasteiger partial charge in [0.05, 0.1) is 23.9 Å². The number of benzene rings is 2. The van der Waals surface area contributed by atoms with Gasteiger partial charge < -0.3 is 21.1 Å². The van der Waals surface area contributed by atoms with Gasteiger partial charge in [-0.1, -0.05) is 24.3 Å². The number of esters is 1. The molecule has 8 heteroatoms. The van der Waals surface area contributed by atoms with Gasteiger partial charge in [0.25, 0.3) is 11.8 Å². The predicted octanol–water partition coefficient (Wildman–Crippen LogP) is 1.83. The number of carbonyl (C=O) groups excluding carboxylic acids is 3. The fourth-order valence-electron chi connectivity index (χ4n) is 2.14. The molecule has 0 atom stereocenters. The van der Waals surface area contributed by atoms with Crippen LogP contribution in [0.2, 0.25) is 0 Å². The molecule has 0 bridgehead atoms. The third-order valence-corrected chi connectivity index (χ3v) is 3.50. The molecule has 0 radical (unpaired) electrons. The van der Waals surface area contributed by atoms with E-state index < -0.39 is 17.8 Å². The molecule has 0 heterocycles. The smallest absolute Gasteiger partial charge is 0.339 e. The second-order valence-corrected chi connectivity index (χ2v) is 5.22. The van der Waals surface area contributed by atoms with Gasteiger partial charge in [0, 0.05) is 11.9 Å². The molecule has 0 aromatic heterocycles. The number of rotatable bonds is 5. The van der Waals surface area contributed by atoms with Crippen molar-refractivity contribution in [3.05, 3.63) is 71.4 Å². The lowest BCUT2D eigenvalue weighted by Gasteiger charge is -2.09. The van der Waals surface area contributed by atoms with Crippen molar-refractivity contribution in [2.24, 2.45) is 0 Å². The molecular formula is C19H16N4O4. The van der Waals surface area contributed by atoms with E-state index in [9.17, 15) is 19.6 Å². The van der Waals surface area contributed by atoms with Crippen LogP contribution in [0, 0.1) is 11.3 Å². The van der Waals surface area contributed by atoms with E-state index >= 15 is 0 Å². The zero-order valence-corrected chi connectivity index (χ0v) is 14.4. The summed E-state index contributed by atoms with van der Waals surface area (Å²) < 4.78 is 4.65. The SMILES string of the molecule is COC(=O)c1ccccc1NC(=O)/C(C#N)=C\NC(=O)c1ccccc1N. The highest BCUT2D eigenvalue weighted by Crippen LogP contribution is 2.17. The molecule has 2 amide bonds. The number of hydrogen-bond donors (Lipinski definition) is 3. The van der Waals surface area contributed by atoms with Gasteiger partial charge in [-0.3, -0.25) is 9.59 Å². The summed E-state index contributed by atoms with van der Waals surface area (Å²) in [4.78, 5) is 36.1. The monoisotopic (exact) mass is 364 g/mol. The summed E-state index contributed by atoms with van der Waals surface area (Å²) in [6, 6.07) is 14.2. The van der Waals surface area contributed by atoms with Gasteiger partial charge in [0.1, 0.15) is 11.6 Å². The number of nitriles is 1. The second kappa shape index (κ2) is 8.82. The molecule has 0 saturated carbocycles. The number of nitrogen functional groups attached to an aromatic ring is 1. The Morgan fingerprint density at radius 3 is 2.33 bits per heavy atom. The largest absolute Gasteiger partial charge is 0.465 e. The van der Waals surface area contributed by atoms with E-state index in [0.29, 0.717) is 0 Å². The summed E-state index contributed by atoms with van der Waals surface area (Å²) in [5, 5.41) is 14.0. The van der Waals surface area contributed by atoms with Crippen LogP contribution in [0.15, 0.2) is 60.3 Å². The van der Waals surface area contributed by atoms with E-state index in [4.69, 9.17) is 5.73 Å². The average molecular weight is 364 g/mol. The van der Waals surface area contributed by atoms with E-state index in [-0.39, 0.29) is 28.1 Å². The van der Waals surface area contributed by atoms with Crippen LogP contribution < -0.4 is 16.4 Å². The molecule has 0 aliphatic carbocycles. The number of ether oxygens (including phenoxy) is 1. The first-order valence-corrected chi connectivity index (χ1v) is 7.72. The number of nitrogens with zero attached hydrogens (tertiary/aromatic N) is 1. The van der Waals surface area contributed by atoms with Crippen LogP contribution in [0.5, 0.6) is 0 Å². The average Bonchev–Trinajstić information content (AvgIpc) is 2.68. The van der Waals surface area contributed by atoms with Crippen molar-refractivity contribution in [3.63, 3.8) is 0 Å². The third kappa shape index (κ3) is 4.70. The number of amides is 2. The standard InChI is InChI=1S/C19H16N4O4/c1-27-19(26)14-7-3-5-9-16(14)23-17(24)12(10-20)11-22-18(25)13-6-2-4-8-15(13)21/h2-9,11H,21H2,1H3,(H,22,25)(H,23,24)/b12-11-. The molecule has 0 saturated heterocycles. The summed E-state index contributed by atoms with van der Waals surface area (Å²) in [6.07, 6.45) is 0.977. The summed E-state index contributed by atoms with van der Waals surface area (Å²) in [7, 11) is 1.21. The fraction of sp³-hybridized carbons (Fsp3) is 0.0526. The highest BCUT2D eigenvalue weighted by Gasteiger charge is 2.16. The van der Waals surface area contributed by atoms with Crippen molar-refractivity contribution in [2.75, 3.05) is 18.2 Å². The Morgan fingerprint density at radius 1 is 1.07 bits per heavy atom. The first kappa shape index (κ1) is 19.2. The molecule has 8 nitrogen and oxygen atoms in total. The molecule has 2 rings (SSSR count). The van der Waals surface area contributed by atoms with Gasteiger partial charge >= 0.3 is 5.97 Å². The van der Waals surface area contributed by atoms with Crippen molar-refractivity contribution in [1.82, 2.24) is 5.32 Å². The van der Waals surface area contributed by atoms with Crippen LogP contribution >= 0.6 is 0 Å². The van der Waals surface area contributed by atoms with Crippen molar-refractivity contribution in [1.29, 1.82) is 5.26 Å². The highest BCUT2D eigenvalue weighted by atomic mass is 16.5. The van der Waals surface area contributed by atoms with Crippen LogP contribution in [0.3, 0.4) is 0 Å². The molecule has 0 spiro atoms. The van der Waals surface area contributed by atoms with Crippen molar-refractivity contribution in [2.45, 2.75) is 0 Å². The topological polar surface area (TPSA) is 134 Å². The van der Waals surface area contributed by atoms with Crippen molar-refractivity contribution >= 4 is 29.2 Å². The van der Waals surface area contributed by atoms with Gasteiger partial charge in [-0.2, -0.15) is 5.26 Å². The van der Waals surface area contributed by atoms with E-state index in [0.717, 1.165) is 6.20 Å². The maximum absolute atomic E-state index is 12.3. The number of anilines is 2. The Bertz CT molecular complexity index is 960. The lowest BCUT2D eigenvalue weighted by molar-refractivity contribution is -0.112. The predicted molar refractivity (Wildman–Crippen MR) is 98.4 cm³/mol. The van der Waals surface area contributed by atoms with Crippen molar-refractivity contribution < 1.29 is 19.1 Å². The van der Waals surface area contributed by atoms with Gasteiger partial charge in [-0.15, -0.1) is 0 Å². The summed E-state index contributed by atoms with van der Waals surface area (Å²) >= 11 is 0. The molecule has 0 unspecified atom stereocenters. The van der Waals surface area contributed by atoms with Gasteiger partial charge in [-0.25, -0.2) is 4.79 Å². The van der Waals surface area contributed by atoms with Gasteiger partial charge in [0.15, 0.2) is 0 Å². The Hall–Kier alpha value is -4.12. The van der Waals surface area contributed by atoms with Crippen LogP contribution in [-0.4, -0.2) is 24.9 Å². The number of nitrogens with one attached hydrogen (secondary N) is 2. The van der Waals surface area contributed by atoms with Crippen LogP contribution in [0.4, 0.5) is 11.4 Å². The summed E-state index contributed by atoms with van der Waals surface area (Å²) in [5.41, 5.74) is 6.13. The van der Waals surface area contributed by atoms with Crippen LogP contribution in [0.1, 0.15) is 20.7 Å². The molecular weight excluding hydrogens is 348 g/mol. The van der Waals surface area contributed by atoms with Crippen LogP contribution in [-0.2, 0) is 9.53 Å². The molecule has 0 aliphatic heterocycles. The Morgan fingerprint density at radius 2 is 1.70 bits per heavy atom. The van der Waals surface area contributed by atoms with Crippen molar-refractivity contribution in [3.8, 4) is 6.07 Å². The Balaban J connectivity index is 2.16. The molecule has 0 fully saturated rings. The fourth-order valence-corrected chi connectivity index (χ4v) is 2.14. The minimum atomic E-state index is -0.796. The normalized spacial score (nSPS) is 10.4. The summed E-state index contributed by atoms with van der Waals surface area (Å²) in [6.45, 7) is 0. The molecule has 136 valence electrons. The number of carbonyl (C=O) groups is 3. The minimum absolute atomic E-state index is 0.131. The first-order chi connectivity index (χ1) is 13.0. The van der Waals surface area contributed by atoms with Gasteiger partial charge in [0.2, 0.25) is 0 Å². The lowest BCUT2D eigenvalue weighted by atomic mass is 10.1. The summed E-state index contributed by atoms with van der Waals surface area (Å²) in [5.74, 6) is -2.00. The number of para-hydroxylation sites is 2. The van der Waals surface area contributed by atoms with E-state index in [1.54, 1.807) is 36.4 Å². The van der Waals surface area contributed by atoms with E-state index in [2.05, 4.69) is 15.4 Å². The lowest BCUT2D eigenvalue weighted by Crippen LogP contribution is -2.22. The quantitative estimate of drug-likeness (QED) is 0.321. The molecule has 2 aromatic rings. The zero-order valence-electron chi connectivity index (χ0n) is 14.4. The van der Waals surface area contributed by atoms with E-state index in [1.165, 1.54) is 25.3 Å². The first-order valence-electron chi connectivity index (χ1n) is 7.72. The maximum Gasteiger partial charge on any atom is 0.339 e. The second-order valence-electron chi connectivity index (χ2n) is 5.22. The van der Waals surface area contributed by atoms with E-state index in [1.807, 2.05) is 0 Å². The highest BCUT2D eigenvalue weighted by molar-refractivity contribution is 6.10. The maximum atomic E-state index is 12.3. The Labute approximate surface area is 155 Å².